The van der Waals surface area contributed by atoms with E-state index in [1.54, 1.807) is 0 Å². The van der Waals surface area contributed by atoms with Crippen molar-refractivity contribution < 1.29 is 9.53 Å². The highest BCUT2D eigenvalue weighted by molar-refractivity contribution is 5.95. The fraction of sp³-hybridized carbons (Fsp3) is 0.500. The van der Waals surface area contributed by atoms with Crippen molar-refractivity contribution in [3.05, 3.63) is 22.9 Å². The van der Waals surface area contributed by atoms with E-state index in [9.17, 15) is 4.79 Å². The summed E-state index contributed by atoms with van der Waals surface area (Å²) in [5, 5.41) is 0. The van der Waals surface area contributed by atoms with Gasteiger partial charge in [0, 0.05) is 5.69 Å². The van der Waals surface area contributed by atoms with Crippen LogP contribution in [0.15, 0.2) is 6.07 Å². The molecule has 1 amide bonds. The molecule has 4 heteroatoms. The molecule has 86 valence electrons. The van der Waals surface area contributed by atoms with E-state index < -0.39 is 5.91 Å². The zero-order valence-corrected chi connectivity index (χ0v) is 9.62. The van der Waals surface area contributed by atoms with Crippen LogP contribution in [0.1, 0.15) is 41.9 Å². The molecule has 0 saturated carbocycles. The van der Waals surface area contributed by atoms with Crippen LogP contribution in [0.3, 0.4) is 0 Å². The number of carbonyl (C=O) groups is 1. The number of aryl methyl sites for hydroxylation is 2. The number of ether oxygens (including phenoxy) is 1. The largest absolute Gasteiger partial charge is 0.474 e. The first-order valence-electron chi connectivity index (χ1n) is 5.57. The second-order valence-corrected chi connectivity index (χ2v) is 4.33. The quantitative estimate of drug-likeness (QED) is 0.838. The number of nitrogens with zero attached hydrogens (tertiary/aromatic N) is 1. The Bertz CT molecular complexity index is 427. The smallest absolute Gasteiger partial charge is 0.254 e. The van der Waals surface area contributed by atoms with Gasteiger partial charge in [0.05, 0.1) is 6.10 Å². The maximum absolute atomic E-state index is 11.3. The Hall–Kier alpha value is -1.58. The molecule has 0 spiro atoms. The molecule has 0 aromatic carbocycles. The van der Waals surface area contributed by atoms with E-state index >= 15 is 0 Å². The first-order chi connectivity index (χ1) is 7.58. The molecule has 2 N–H and O–H groups in total. The highest BCUT2D eigenvalue weighted by Gasteiger charge is 2.20. The van der Waals surface area contributed by atoms with Crippen molar-refractivity contribution >= 4 is 5.91 Å². The molecule has 16 heavy (non-hydrogen) atoms. The molecule has 0 aliphatic heterocycles. The van der Waals surface area contributed by atoms with Crippen molar-refractivity contribution in [3.63, 3.8) is 0 Å². The van der Waals surface area contributed by atoms with E-state index in [1.165, 1.54) is 0 Å². The van der Waals surface area contributed by atoms with Gasteiger partial charge in [-0.3, -0.25) is 4.79 Å². The number of hydrogen-bond donors (Lipinski definition) is 1. The van der Waals surface area contributed by atoms with Crippen LogP contribution in [-0.4, -0.2) is 17.0 Å². The molecule has 1 heterocycles. The van der Waals surface area contributed by atoms with E-state index in [2.05, 4.69) is 4.98 Å². The third-order valence-electron chi connectivity index (χ3n) is 2.63. The van der Waals surface area contributed by atoms with E-state index in [-0.39, 0.29) is 6.10 Å². The molecule has 1 aliphatic rings. The molecular formula is C12H16N2O2. The Labute approximate surface area is 94.8 Å². The number of primary amides is 1. The molecule has 0 bridgehead atoms. The second kappa shape index (κ2) is 4.12. The molecule has 4 nitrogen and oxygen atoms in total. The van der Waals surface area contributed by atoms with Crippen LogP contribution < -0.4 is 10.5 Å². The maximum atomic E-state index is 11.3. The van der Waals surface area contributed by atoms with Gasteiger partial charge in [-0.1, -0.05) is 0 Å². The molecule has 1 aliphatic carbocycles. The van der Waals surface area contributed by atoms with Gasteiger partial charge in [-0.2, -0.15) is 0 Å². The molecular weight excluding hydrogens is 204 g/mol. The van der Waals surface area contributed by atoms with Crippen LogP contribution in [0.4, 0.5) is 0 Å². The third-order valence-corrected chi connectivity index (χ3v) is 2.63. The topological polar surface area (TPSA) is 65.2 Å². The molecule has 0 fully saturated rings. The van der Waals surface area contributed by atoms with Crippen molar-refractivity contribution in [2.45, 2.75) is 39.2 Å². The van der Waals surface area contributed by atoms with E-state index in [4.69, 9.17) is 10.5 Å². The van der Waals surface area contributed by atoms with Gasteiger partial charge in [0.25, 0.3) is 5.91 Å². The maximum Gasteiger partial charge on any atom is 0.254 e. The summed E-state index contributed by atoms with van der Waals surface area (Å²) in [5.41, 5.74) is 7.89. The molecule has 0 radical (unpaired) electrons. The Morgan fingerprint density at radius 1 is 1.50 bits per heavy atom. The van der Waals surface area contributed by atoms with Crippen LogP contribution in [0.25, 0.3) is 0 Å². The Kier molecular flexibility index (Phi) is 2.81. The highest BCUT2D eigenvalue weighted by atomic mass is 16.5. The van der Waals surface area contributed by atoms with Gasteiger partial charge < -0.3 is 10.5 Å². The minimum Gasteiger partial charge on any atom is -0.474 e. The predicted molar refractivity (Wildman–Crippen MR) is 60.5 cm³/mol. The van der Waals surface area contributed by atoms with Gasteiger partial charge in [-0.25, -0.2) is 4.98 Å². The zero-order valence-electron chi connectivity index (χ0n) is 9.62. The average molecular weight is 220 g/mol. The van der Waals surface area contributed by atoms with Crippen LogP contribution >= 0.6 is 0 Å². The number of pyridine rings is 1. The van der Waals surface area contributed by atoms with Crippen molar-refractivity contribution in [1.82, 2.24) is 4.98 Å². The van der Waals surface area contributed by atoms with Gasteiger partial charge in [-0.15, -0.1) is 0 Å². The number of carbonyl (C=O) groups excluding carboxylic acids is 1. The normalized spacial score (nSPS) is 13.9. The predicted octanol–water partition coefficient (Wildman–Crippen LogP) is 1.46. The summed E-state index contributed by atoms with van der Waals surface area (Å²) in [5.74, 6) is -0.0963. The number of hydrogen-bond acceptors (Lipinski definition) is 3. The fourth-order valence-corrected chi connectivity index (χ4v) is 1.94. The number of nitrogens with two attached hydrogens (primary N) is 1. The minimum atomic E-state index is -0.474. The lowest BCUT2D eigenvalue weighted by Crippen LogP contribution is -2.17. The zero-order chi connectivity index (χ0) is 11.7. The van der Waals surface area contributed by atoms with Crippen LogP contribution in [0.2, 0.25) is 0 Å². The van der Waals surface area contributed by atoms with Gasteiger partial charge in [0.2, 0.25) is 5.88 Å². The Morgan fingerprint density at radius 3 is 2.88 bits per heavy atom. The minimum absolute atomic E-state index is 0.00921. The Balaban J connectivity index is 2.44. The summed E-state index contributed by atoms with van der Waals surface area (Å²) in [6.07, 6.45) is 3.02. The summed E-state index contributed by atoms with van der Waals surface area (Å²) in [6.45, 7) is 3.80. The molecule has 2 rings (SSSR count). The summed E-state index contributed by atoms with van der Waals surface area (Å²) in [6, 6.07) is 1.83. The van der Waals surface area contributed by atoms with Crippen molar-refractivity contribution in [2.24, 2.45) is 5.73 Å². The summed E-state index contributed by atoms with van der Waals surface area (Å²) < 4.78 is 5.52. The lowest BCUT2D eigenvalue weighted by atomic mass is 10.1. The van der Waals surface area contributed by atoms with Gasteiger partial charge in [-0.05, 0) is 44.7 Å². The summed E-state index contributed by atoms with van der Waals surface area (Å²) >= 11 is 0. The summed E-state index contributed by atoms with van der Waals surface area (Å²) in [7, 11) is 0. The van der Waals surface area contributed by atoms with Crippen molar-refractivity contribution in [1.29, 1.82) is 0 Å². The van der Waals surface area contributed by atoms with Gasteiger partial charge in [0.15, 0.2) is 0 Å². The number of amides is 1. The number of aromatic nitrogens is 1. The molecule has 0 unspecified atom stereocenters. The number of rotatable bonds is 3. The fourth-order valence-electron chi connectivity index (χ4n) is 1.94. The van der Waals surface area contributed by atoms with Crippen LogP contribution in [-0.2, 0) is 12.8 Å². The average Bonchev–Trinajstić information content (AvgIpc) is 2.62. The third kappa shape index (κ3) is 2.01. The highest BCUT2D eigenvalue weighted by Crippen LogP contribution is 2.26. The van der Waals surface area contributed by atoms with Crippen LogP contribution in [0, 0.1) is 0 Å². The lowest BCUT2D eigenvalue weighted by molar-refractivity contribution is 0.0993. The SMILES string of the molecule is CC(C)Oc1nc2c(cc1C(N)=O)CCC2. The lowest BCUT2D eigenvalue weighted by Gasteiger charge is -2.13. The molecule has 1 aromatic heterocycles. The van der Waals surface area contributed by atoms with Crippen molar-refractivity contribution in [2.75, 3.05) is 0 Å². The molecule has 0 saturated heterocycles. The monoisotopic (exact) mass is 220 g/mol. The van der Waals surface area contributed by atoms with E-state index in [1.807, 2.05) is 19.9 Å². The van der Waals surface area contributed by atoms with E-state index in [0.717, 1.165) is 30.5 Å². The van der Waals surface area contributed by atoms with Crippen molar-refractivity contribution in [3.8, 4) is 5.88 Å². The van der Waals surface area contributed by atoms with Crippen LogP contribution in [0.5, 0.6) is 5.88 Å². The standard InChI is InChI=1S/C12H16N2O2/c1-7(2)16-12-9(11(13)15)6-8-4-3-5-10(8)14-12/h6-7H,3-5H2,1-2H3,(H2,13,15). The first-order valence-corrected chi connectivity index (χ1v) is 5.57. The summed E-state index contributed by atoms with van der Waals surface area (Å²) in [4.78, 5) is 15.7. The Morgan fingerprint density at radius 2 is 2.25 bits per heavy atom. The first kappa shape index (κ1) is 10.9. The molecule has 1 aromatic rings. The second-order valence-electron chi connectivity index (χ2n) is 4.33. The molecule has 0 atom stereocenters. The van der Waals surface area contributed by atoms with Gasteiger partial charge >= 0.3 is 0 Å². The van der Waals surface area contributed by atoms with E-state index in [0.29, 0.717) is 11.4 Å². The van der Waals surface area contributed by atoms with Gasteiger partial charge in [0.1, 0.15) is 5.56 Å². The number of fused-ring (bicyclic) bond motifs is 1.